The van der Waals surface area contributed by atoms with Gasteiger partial charge in [-0.1, -0.05) is 49.7 Å². The molecule has 0 bridgehead atoms. The highest BCUT2D eigenvalue weighted by Crippen LogP contribution is 2.23. The standard InChI is InChI=1S/C23H28N2O3S/c1-15(2)21(14-25-11-10-19-8-6-7-9-20(19)23(25)26)24-29(27,28)22-17(4)12-16(3)13-18(22)5/h6-13,15,21,24H,14H2,1-5H3. The monoisotopic (exact) mass is 412 g/mol. The van der Waals surface area contributed by atoms with Gasteiger partial charge in [0, 0.05) is 24.2 Å². The first-order valence-corrected chi connectivity index (χ1v) is 11.3. The second-order valence-corrected chi connectivity index (χ2v) is 9.71. The summed E-state index contributed by atoms with van der Waals surface area (Å²) >= 11 is 0. The summed E-state index contributed by atoms with van der Waals surface area (Å²) < 4.78 is 30.8. The Hall–Kier alpha value is -2.44. The molecule has 1 unspecified atom stereocenters. The predicted octanol–water partition coefficient (Wildman–Crippen LogP) is 3.93. The quantitative estimate of drug-likeness (QED) is 0.667. The lowest BCUT2D eigenvalue weighted by Gasteiger charge is -2.24. The minimum atomic E-state index is -3.72. The van der Waals surface area contributed by atoms with Gasteiger partial charge < -0.3 is 4.57 Å². The molecule has 3 aromatic rings. The molecule has 0 saturated carbocycles. The molecule has 6 heteroatoms. The van der Waals surface area contributed by atoms with E-state index in [1.165, 1.54) is 0 Å². The zero-order valence-corrected chi connectivity index (χ0v) is 18.4. The van der Waals surface area contributed by atoms with E-state index in [0.717, 1.165) is 22.1 Å². The van der Waals surface area contributed by atoms with E-state index in [1.54, 1.807) is 16.8 Å². The Balaban J connectivity index is 1.96. The van der Waals surface area contributed by atoms with Crippen molar-refractivity contribution in [2.45, 2.75) is 52.1 Å². The average Bonchev–Trinajstić information content (AvgIpc) is 2.62. The molecule has 5 nitrogen and oxygen atoms in total. The van der Waals surface area contributed by atoms with Crippen LogP contribution in [0, 0.1) is 26.7 Å². The van der Waals surface area contributed by atoms with Crippen LogP contribution in [0.3, 0.4) is 0 Å². The summed E-state index contributed by atoms with van der Waals surface area (Å²) in [6.07, 6.45) is 1.73. The minimum Gasteiger partial charge on any atom is -0.313 e. The molecule has 0 aliphatic carbocycles. The fourth-order valence-electron chi connectivity index (χ4n) is 3.82. The number of fused-ring (bicyclic) bond motifs is 1. The van der Waals surface area contributed by atoms with Gasteiger partial charge >= 0.3 is 0 Å². The number of hydrogen-bond acceptors (Lipinski definition) is 3. The number of pyridine rings is 1. The fourth-order valence-corrected chi connectivity index (χ4v) is 5.65. The van der Waals surface area contributed by atoms with Gasteiger partial charge in [-0.05, 0) is 55.3 Å². The van der Waals surface area contributed by atoms with Crippen molar-refractivity contribution >= 4 is 20.8 Å². The maximum atomic E-state index is 13.2. The summed E-state index contributed by atoms with van der Waals surface area (Å²) in [6.45, 7) is 9.75. The van der Waals surface area contributed by atoms with Crippen molar-refractivity contribution in [3.63, 3.8) is 0 Å². The number of aromatic nitrogens is 1. The maximum Gasteiger partial charge on any atom is 0.258 e. The number of nitrogens with zero attached hydrogens (tertiary/aromatic N) is 1. The van der Waals surface area contributed by atoms with Crippen molar-refractivity contribution < 1.29 is 8.42 Å². The zero-order chi connectivity index (χ0) is 21.3. The number of benzene rings is 2. The molecular weight excluding hydrogens is 384 g/mol. The third-order valence-corrected chi connectivity index (χ3v) is 7.06. The lowest BCUT2D eigenvalue weighted by Crippen LogP contribution is -2.43. The summed E-state index contributed by atoms with van der Waals surface area (Å²) in [5, 5.41) is 1.51. The largest absolute Gasteiger partial charge is 0.313 e. The second kappa shape index (κ2) is 8.13. The molecule has 29 heavy (non-hydrogen) atoms. The van der Waals surface area contributed by atoms with Crippen LogP contribution in [0.4, 0.5) is 0 Å². The number of aryl methyl sites for hydroxylation is 3. The molecule has 1 heterocycles. The second-order valence-electron chi connectivity index (χ2n) is 8.06. The first-order valence-electron chi connectivity index (χ1n) is 9.78. The summed E-state index contributed by atoms with van der Waals surface area (Å²) in [7, 11) is -3.72. The molecule has 0 radical (unpaired) electrons. The van der Waals surface area contributed by atoms with Crippen molar-refractivity contribution in [3.8, 4) is 0 Å². The average molecular weight is 413 g/mol. The SMILES string of the molecule is Cc1cc(C)c(S(=O)(=O)NC(Cn2ccc3ccccc3c2=O)C(C)C)c(C)c1. The molecule has 0 aliphatic rings. The third kappa shape index (κ3) is 4.43. The molecular formula is C23H28N2O3S. The van der Waals surface area contributed by atoms with Crippen molar-refractivity contribution in [1.82, 2.24) is 9.29 Å². The van der Waals surface area contributed by atoms with Gasteiger partial charge in [-0.3, -0.25) is 4.79 Å². The molecule has 1 atom stereocenters. The van der Waals surface area contributed by atoms with Gasteiger partial charge in [-0.15, -0.1) is 0 Å². The Morgan fingerprint density at radius 2 is 1.62 bits per heavy atom. The van der Waals surface area contributed by atoms with E-state index in [9.17, 15) is 13.2 Å². The van der Waals surface area contributed by atoms with E-state index >= 15 is 0 Å². The van der Waals surface area contributed by atoms with Crippen LogP contribution in [-0.4, -0.2) is 19.0 Å². The smallest absolute Gasteiger partial charge is 0.258 e. The van der Waals surface area contributed by atoms with E-state index in [0.29, 0.717) is 10.3 Å². The highest BCUT2D eigenvalue weighted by molar-refractivity contribution is 7.89. The molecule has 3 rings (SSSR count). The molecule has 0 aliphatic heterocycles. The molecule has 0 spiro atoms. The van der Waals surface area contributed by atoms with Crippen LogP contribution in [0.25, 0.3) is 10.8 Å². The zero-order valence-electron chi connectivity index (χ0n) is 17.6. The number of sulfonamides is 1. The van der Waals surface area contributed by atoms with Crippen LogP contribution in [-0.2, 0) is 16.6 Å². The lowest BCUT2D eigenvalue weighted by atomic mass is 10.1. The number of hydrogen-bond donors (Lipinski definition) is 1. The van der Waals surface area contributed by atoms with Gasteiger partial charge in [0.1, 0.15) is 0 Å². The van der Waals surface area contributed by atoms with Gasteiger partial charge in [0.05, 0.1) is 4.90 Å². The fraction of sp³-hybridized carbons (Fsp3) is 0.348. The highest BCUT2D eigenvalue weighted by atomic mass is 32.2. The van der Waals surface area contributed by atoms with Crippen LogP contribution in [0.15, 0.2) is 58.4 Å². The van der Waals surface area contributed by atoms with Crippen LogP contribution < -0.4 is 10.3 Å². The molecule has 0 fully saturated rings. The molecule has 0 saturated heterocycles. The molecule has 1 N–H and O–H groups in total. The molecule has 0 amide bonds. The van der Waals surface area contributed by atoms with Crippen molar-refractivity contribution in [2.75, 3.05) is 0 Å². The number of nitrogens with one attached hydrogen (secondary N) is 1. The summed E-state index contributed by atoms with van der Waals surface area (Å²) in [5.41, 5.74) is 2.36. The van der Waals surface area contributed by atoms with E-state index < -0.39 is 16.1 Å². The Morgan fingerprint density at radius 1 is 1.00 bits per heavy atom. The molecule has 2 aromatic carbocycles. The first kappa shape index (κ1) is 21.3. The highest BCUT2D eigenvalue weighted by Gasteiger charge is 2.26. The summed E-state index contributed by atoms with van der Waals surface area (Å²) in [5.74, 6) is 0.00852. The van der Waals surface area contributed by atoms with E-state index in [4.69, 9.17) is 0 Å². The predicted molar refractivity (Wildman–Crippen MR) is 118 cm³/mol. The van der Waals surface area contributed by atoms with Crippen LogP contribution in [0.5, 0.6) is 0 Å². The van der Waals surface area contributed by atoms with Gasteiger partial charge in [0.25, 0.3) is 5.56 Å². The Morgan fingerprint density at radius 3 is 2.24 bits per heavy atom. The first-order chi connectivity index (χ1) is 13.6. The van der Waals surface area contributed by atoms with Crippen molar-refractivity contribution in [2.24, 2.45) is 5.92 Å². The maximum absolute atomic E-state index is 13.2. The van der Waals surface area contributed by atoms with Crippen LogP contribution in [0.2, 0.25) is 0 Å². The lowest BCUT2D eigenvalue weighted by molar-refractivity contribution is 0.395. The van der Waals surface area contributed by atoms with Crippen molar-refractivity contribution in [3.05, 3.63) is 75.7 Å². The molecule has 1 aromatic heterocycles. The third-order valence-electron chi connectivity index (χ3n) is 5.26. The Bertz CT molecular complexity index is 1190. The Labute approximate surface area is 172 Å². The normalized spacial score (nSPS) is 13.2. The van der Waals surface area contributed by atoms with Gasteiger partial charge in [-0.25, -0.2) is 13.1 Å². The number of rotatable bonds is 6. The van der Waals surface area contributed by atoms with E-state index in [-0.39, 0.29) is 18.0 Å². The Kier molecular flexibility index (Phi) is 5.96. The van der Waals surface area contributed by atoms with Gasteiger partial charge in [0.2, 0.25) is 10.0 Å². The van der Waals surface area contributed by atoms with Gasteiger partial charge in [0.15, 0.2) is 0 Å². The van der Waals surface area contributed by atoms with Crippen molar-refractivity contribution in [1.29, 1.82) is 0 Å². The van der Waals surface area contributed by atoms with Gasteiger partial charge in [-0.2, -0.15) is 0 Å². The molecule has 154 valence electrons. The summed E-state index contributed by atoms with van der Waals surface area (Å²) in [4.78, 5) is 13.2. The summed E-state index contributed by atoms with van der Waals surface area (Å²) in [6, 6.07) is 12.6. The van der Waals surface area contributed by atoms with E-state index in [2.05, 4.69) is 4.72 Å². The minimum absolute atomic E-state index is 0.00852. The van der Waals surface area contributed by atoms with E-state index in [1.807, 2.05) is 71.0 Å². The topological polar surface area (TPSA) is 68.2 Å². The van der Waals surface area contributed by atoms with Crippen LogP contribution in [0.1, 0.15) is 30.5 Å². The van der Waals surface area contributed by atoms with Crippen LogP contribution >= 0.6 is 0 Å².